The number of amides is 1. The highest BCUT2D eigenvalue weighted by atomic mass is 32.2. The summed E-state index contributed by atoms with van der Waals surface area (Å²) in [6.45, 7) is 2.02. The molecular weight excluding hydrogens is 306 g/mol. The van der Waals surface area contributed by atoms with Crippen molar-refractivity contribution >= 4 is 17.7 Å². The van der Waals surface area contributed by atoms with Crippen molar-refractivity contribution in [1.82, 2.24) is 0 Å². The molecule has 1 aliphatic rings. The van der Waals surface area contributed by atoms with Gasteiger partial charge in [-0.25, -0.2) is 0 Å². The minimum atomic E-state index is -1.11. The van der Waals surface area contributed by atoms with Crippen LogP contribution < -0.4 is 10.5 Å². The van der Waals surface area contributed by atoms with Crippen molar-refractivity contribution in [1.29, 1.82) is 0 Å². The van der Waals surface area contributed by atoms with E-state index in [1.54, 1.807) is 0 Å². The summed E-state index contributed by atoms with van der Waals surface area (Å²) >= 11 is 1.85. The van der Waals surface area contributed by atoms with Crippen LogP contribution in [0.4, 0.5) is 0 Å². The first kappa shape index (κ1) is 15.9. The van der Waals surface area contributed by atoms with Crippen LogP contribution in [-0.4, -0.2) is 17.4 Å². The Morgan fingerprint density at radius 3 is 2.43 bits per heavy atom. The van der Waals surface area contributed by atoms with Crippen molar-refractivity contribution in [3.05, 3.63) is 65.7 Å². The second kappa shape index (κ2) is 6.67. The number of rotatable bonds is 5. The molecule has 23 heavy (non-hydrogen) atoms. The minimum Gasteiger partial charge on any atom is -0.472 e. The van der Waals surface area contributed by atoms with Gasteiger partial charge >= 0.3 is 0 Å². The average molecular weight is 327 g/mol. The zero-order valence-electron chi connectivity index (χ0n) is 13.2. The minimum absolute atomic E-state index is 0.0775. The summed E-state index contributed by atoms with van der Waals surface area (Å²) in [6.07, 6.45) is 0.925. The van der Waals surface area contributed by atoms with Gasteiger partial charge in [0.05, 0.1) is 0 Å². The first-order valence-corrected chi connectivity index (χ1v) is 8.97. The fraction of sp³-hybridized carbons (Fsp3) is 0.316. The third-order valence-corrected chi connectivity index (χ3v) is 5.54. The van der Waals surface area contributed by atoms with E-state index in [0.717, 1.165) is 29.1 Å². The highest BCUT2D eigenvalue weighted by Crippen LogP contribution is 2.42. The maximum Gasteiger partial charge on any atom is 0.266 e. The summed E-state index contributed by atoms with van der Waals surface area (Å²) in [5.74, 6) is 2.24. The Morgan fingerprint density at radius 1 is 1.17 bits per heavy atom. The quantitative estimate of drug-likeness (QED) is 0.914. The standard InChI is InChI=1S/C19H21NO2S/c1-14-7-9-17(10-8-14)22-19(18(20)21,16-11-12-23-13-16)15-5-3-2-4-6-15/h2-10,16H,11-13H2,1H3,(H2,20,21). The summed E-state index contributed by atoms with van der Waals surface area (Å²) in [5, 5.41) is 0. The fourth-order valence-electron chi connectivity index (χ4n) is 3.10. The lowest BCUT2D eigenvalue weighted by Gasteiger charge is -2.36. The Hall–Kier alpha value is -1.94. The molecule has 2 aromatic carbocycles. The van der Waals surface area contributed by atoms with Crippen LogP contribution in [0.25, 0.3) is 0 Å². The second-order valence-corrected chi connectivity index (χ2v) is 7.09. The van der Waals surface area contributed by atoms with E-state index in [9.17, 15) is 4.79 Å². The number of thioether (sulfide) groups is 1. The summed E-state index contributed by atoms with van der Waals surface area (Å²) in [4.78, 5) is 12.6. The molecule has 0 spiro atoms. The smallest absolute Gasteiger partial charge is 0.266 e. The monoisotopic (exact) mass is 327 g/mol. The van der Waals surface area contributed by atoms with Crippen molar-refractivity contribution in [3.63, 3.8) is 0 Å². The lowest BCUT2D eigenvalue weighted by molar-refractivity contribution is -0.139. The zero-order valence-corrected chi connectivity index (χ0v) is 14.0. The van der Waals surface area contributed by atoms with Gasteiger partial charge in [0.2, 0.25) is 5.60 Å². The number of primary amides is 1. The Balaban J connectivity index is 2.07. The molecule has 1 amide bonds. The van der Waals surface area contributed by atoms with Gasteiger partial charge in [0.1, 0.15) is 5.75 Å². The summed E-state index contributed by atoms with van der Waals surface area (Å²) in [6, 6.07) is 17.4. The van der Waals surface area contributed by atoms with E-state index in [1.807, 2.05) is 73.3 Å². The normalized spacial score (nSPS) is 20.0. The van der Waals surface area contributed by atoms with E-state index >= 15 is 0 Å². The Labute approximate surface area is 141 Å². The zero-order chi connectivity index (χ0) is 16.3. The number of ether oxygens (including phenoxy) is 1. The summed E-state index contributed by atoms with van der Waals surface area (Å²) < 4.78 is 6.30. The highest BCUT2D eigenvalue weighted by molar-refractivity contribution is 7.99. The van der Waals surface area contributed by atoms with Crippen molar-refractivity contribution in [2.45, 2.75) is 18.9 Å². The van der Waals surface area contributed by atoms with Gasteiger partial charge in [0.25, 0.3) is 5.91 Å². The number of nitrogens with two attached hydrogens (primary N) is 1. The predicted molar refractivity (Wildman–Crippen MR) is 94.6 cm³/mol. The molecule has 0 aliphatic carbocycles. The van der Waals surface area contributed by atoms with Gasteiger partial charge in [-0.3, -0.25) is 4.79 Å². The number of carbonyl (C=O) groups excluding carboxylic acids is 1. The third-order valence-electron chi connectivity index (χ3n) is 4.37. The molecule has 3 rings (SSSR count). The molecule has 0 saturated carbocycles. The van der Waals surface area contributed by atoms with Crippen LogP contribution in [0.2, 0.25) is 0 Å². The number of aryl methyl sites for hydroxylation is 1. The van der Waals surface area contributed by atoms with Crippen molar-refractivity contribution < 1.29 is 9.53 Å². The molecule has 1 fully saturated rings. The molecule has 0 bridgehead atoms. The average Bonchev–Trinajstić information content (AvgIpc) is 3.09. The SMILES string of the molecule is Cc1ccc(OC(C(N)=O)(c2ccccc2)C2CCSC2)cc1. The first-order valence-electron chi connectivity index (χ1n) is 7.82. The van der Waals surface area contributed by atoms with E-state index in [1.165, 1.54) is 0 Å². The number of benzene rings is 2. The molecule has 4 heteroatoms. The van der Waals surface area contributed by atoms with Crippen molar-refractivity contribution in [2.75, 3.05) is 11.5 Å². The van der Waals surface area contributed by atoms with Crippen LogP contribution in [0.5, 0.6) is 5.75 Å². The number of carbonyl (C=O) groups is 1. The van der Waals surface area contributed by atoms with E-state index in [0.29, 0.717) is 5.75 Å². The largest absolute Gasteiger partial charge is 0.472 e. The maximum atomic E-state index is 12.6. The number of hydrogen-bond acceptors (Lipinski definition) is 3. The molecule has 1 heterocycles. The molecular formula is C19H21NO2S. The molecule has 2 N–H and O–H groups in total. The Morgan fingerprint density at radius 2 is 1.87 bits per heavy atom. The van der Waals surface area contributed by atoms with Gasteiger partial charge in [0.15, 0.2) is 0 Å². The maximum absolute atomic E-state index is 12.6. The van der Waals surface area contributed by atoms with Gasteiger partial charge in [0, 0.05) is 17.2 Å². The molecule has 1 aliphatic heterocycles. The lowest BCUT2D eigenvalue weighted by Crippen LogP contribution is -2.52. The molecule has 3 nitrogen and oxygen atoms in total. The van der Waals surface area contributed by atoms with E-state index < -0.39 is 11.5 Å². The van der Waals surface area contributed by atoms with Crippen LogP contribution in [0.3, 0.4) is 0 Å². The van der Waals surface area contributed by atoms with Gasteiger partial charge in [-0.1, -0.05) is 48.0 Å². The molecule has 1 saturated heterocycles. The van der Waals surface area contributed by atoms with Crippen LogP contribution >= 0.6 is 11.8 Å². The molecule has 0 aromatic heterocycles. The molecule has 2 aromatic rings. The van der Waals surface area contributed by atoms with Crippen LogP contribution in [-0.2, 0) is 10.4 Å². The first-order chi connectivity index (χ1) is 11.1. The molecule has 2 unspecified atom stereocenters. The summed E-state index contributed by atoms with van der Waals surface area (Å²) in [5.41, 5.74) is 6.76. The highest BCUT2D eigenvalue weighted by Gasteiger charge is 2.49. The van der Waals surface area contributed by atoms with Gasteiger partial charge in [-0.2, -0.15) is 11.8 Å². The lowest BCUT2D eigenvalue weighted by atomic mass is 9.79. The predicted octanol–water partition coefficient (Wildman–Crippen LogP) is 3.51. The van der Waals surface area contributed by atoms with E-state index in [-0.39, 0.29) is 5.92 Å². The topological polar surface area (TPSA) is 52.3 Å². The fourth-order valence-corrected chi connectivity index (χ4v) is 4.41. The summed E-state index contributed by atoms with van der Waals surface area (Å²) in [7, 11) is 0. The van der Waals surface area contributed by atoms with Crippen molar-refractivity contribution in [2.24, 2.45) is 11.7 Å². The van der Waals surface area contributed by atoms with E-state index in [4.69, 9.17) is 10.5 Å². The molecule has 2 atom stereocenters. The van der Waals surface area contributed by atoms with E-state index in [2.05, 4.69) is 0 Å². The molecule has 120 valence electrons. The second-order valence-electron chi connectivity index (χ2n) is 5.94. The van der Waals surface area contributed by atoms with Gasteiger partial charge in [-0.05, 0) is 31.2 Å². The third kappa shape index (κ3) is 3.08. The van der Waals surface area contributed by atoms with Crippen LogP contribution in [0.1, 0.15) is 17.5 Å². The Bertz CT molecular complexity index is 666. The molecule has 0 radical (unpaired) electrons. The van der Waals surface area contributed by atoms with Crippen LogP contribution in [0.15, 0.2) is 54.6 Å². The van der Waals surface area contributed by atoms with Crippen molar-refractivity contribution in [3.8, 4) is 5.75 Å². The Kier molecular flexibility index (Phi) is 4.62. The van der Waals surface area contributed by atoms with Crippen LogP contribution in [0, 0.1) is 12.8 Å². The van der Waals surface area contributed by atoms with Gasteiger partial charge in [-0.15, -0.1) is 0 Å². The van der Waals surface area contributed by atoms with Gasteiger partial charge < -0.3 is 10.5 Å². The number of hydrogen-bond donors (Lipinski definition) is 1.